The van der Waals surface area contributed by atoms with Crippen LogP contribution in [0, 0.1) is 5.41 Å². The predicted octanol–water partition coefficient (Wildman–Crippen LogP) is 0.698. The highest BCUT2D eigenvalue weighted by Crippen LogP contribution is 2.15. The summed E-state index contributed by atoms with van der Waals surface area (Å²) in [7, 11) is 0. The first-order valence-corrected chi connectivity index (χ1v) is 6.04. The molecular formula is C12H22N2O3. The van der Waals surface area contributed by atoms with Gasteiger partial charge in [-0.1, -0.05) is 20.8 Å². The topological polar surface area (TPSA) is 69.6 Å². The van der Waals surface area contributed by atoms with Crippen LogP contribution in [0.4, 0.5) is 0 Å². The summed E-state index contributed by atoms with van der Waals surface area (Å²) in [5, 5.41) is 11.7. The summed E-state index contributed by atoms with van der Waals surface area (Å²) >= 11 is 0. The van der Waals surface area contributed by atoms with E-state index in [2.05, 4.69) is 5.32 Å². The Labute approximate surface area is 102 Å². The third-order valence-electron chi connectivity index (χ3n) is 2.88. The van der Waals surface area contributed by atoms with Gasteiger partial charge in [-0.2, -0.15) is 0 Å². The predicted molar refractivity (Wildman–Crippen MR) is 64.7 cm³/mol. The van der Waals surface area contributed by atoms with E-state index in [1.54, 1.807) is 0 Å². The van der Waals surface area contributed by atoms with Crippen LogP contribution in [0.1, 0.15) is 33.6 Å². The summed E-state index contributed by atoms with van der Waals surface area (Å²) in [6.45, 7) is 7.12. The molecule has 1 atom stereocenters. The fourth-order valence-corrected chi connectivity index (χ4v) is 1.91. The minimum absolute atomic E-state index is 0.0275. The molecule has 0 aromatic rings. The largest absolute Gasteiger partial charge is 0.480 e. The van der Waals surface area contributed by atoms with Crippen molar-refractivity contribution in [3.05, 3.63) is 0 Å². The van der Waals surface area contributed by atoms with Gasteiger partial charge in [0.25, 0.3) is 0 Å². The number of nitrogens with zero attached hydrogens (tertiary/aromatic N) is 1. The number of likely N-dealkylation sites (tertiary alicyclic amines) is 1. The number of carboxylic acids is 1. The fraction of sp³-hybridized carbons (Fsp3) is 0.833. The second kappa shape index (κ2) is 5.49. The highest BCUT2D eigenvalue weighted by atomic mass is 16.4. The zero-order valence-corrected chi connectivity index (χ0v) is 10.8. The second-order valence-corrected chi connectivity index (χ2v) is 5.69. The number of carboxylic acid groups (broad SMARTS) is 1. The summed E-state index contributed by atoms with van der Waals surface area (Å²) in [6.07, 6.45) is 1.86. The molecule has 1 saturated heterocycles. The molecule has 2 N–H and O–H groups in total. The average molecular weight is 242 g/mol. The van der Waals surface area contributed by atoms with Gasteiger partial charge in [0.15, 0.2) is 0 Å². The first kappa shape index (κ1) is 14.0. The summed E-state index contributed by atoms with van der Waals surface area (Å²) in [6, 6.07) is 0.0785. The molecule has 0 aromatic carbocycles. The molecule has 1 fully saturated rings. The number of carbonyl (C=O) groups excluding carboxylic acids is 1. The van der Waals surface area contributed by atoms with Gasteiger partial charge in [0, 0.05) is 18.0 Å². The Morgan fingerprint density at radius 2 is 2.06 bits per heavy atom. The third-order valence-corrected chi connectivity index (χ3v) is 2.88. The normalized spacial score (nSPS) is 22.2. The van der Waals surface area contributed by atoms with Crippen molar-refractivity contribution < 1.29 is 14.7 Å². The zero-order valence-electron chi connectivity index (χ0n) is 10.8. The molecule has 5 heteroatoms. The number of aliphatic carboxylic acids is 1. The summed E-state index contributed by atoms with van der Waals surface area (Å²) in [5.41, 5.74) is -0.394. The summed E-state index contributed by atoms with van der Waals surface area (Å²) < 4.78 is 0. The minimum atomic E-state index is -0.812. The van der Waals surface area contributed by atoms with E-state index in [0.717, 1.165) is 19.4 Å². The van der Waals surface area contributed by atoms with Gasteiger partial charge in [0.05, 0.1) is 6.54 Å². The van der Waals surface area contributed by atoms with Crippen LogP contribution in [-0.2, 0) is 9.59 Å². The standard InChI is InChI=1S/C12H22N2O3/c1-12(2,3)11(17)13-9-5-4-6-14(7-9)8-10(15)16/h9H,4-8H2,1-3H3,(H,13,17)(H,15,16)/t9-/m1/s1. The summed E-state index contributed by atoms with van der Waals surface area (Å²) in [4.78, 5) is 24.3. The molecule has 98 valence electrons. The number of piperidine rings is 1. The van der Waals surface area contributed by atoms with Crippen LogP contribution in [0.5, 0.6) is 0 Å². The molecule has 1 heterocycles. The Balaban J connectivity index is 2.45. The maximum absolute atomic E-state index is 11.8. The van der Waals surface area contributed by atoms with Crippen molar-refractivity contribution in [2.45, 2.75) is 39.7 Å². The van der Waals surface area contributed by atoms with Crippen LogP contribution in [0.3, 0.4) is 0 Å². The van der Waals surface area contributed by atoms with Gasteiger partial charge in [-0.15, -0.1) is 0 Å². The Kier molecular flexibility index (Phi) is 4.51. The van der Waals surface area contributed by atoms with Crippen molar-refractivity contribution in [1.82, 2.24) is 10.2 Å². The van der Waals surface area contributed by atoms with Crippen molar-refractivity contribution >= 4 is 11.9 Å². The van der Waals surface area contributed by atoms with E-state index in [4.69, 9.17) is 5.11 Å². The Hall–Kier alpha value is -1.10. The van der Waals surface area contributed by atoms with Gasteiger partial charge in [-0.3, -0.25) is 14.5 Å². The number of carbonyl (C=O) groups is 2. The minimum Gasteiger partial charge on any atom is -0.480 e. The van der Waals surface area contributed by atoms with E-state index in [9.17, 15) is 9.59 Å². The van der Waals surface area contributed by atoms with Crippen molar-refractivity contribution in [1.29, 1.82) is 0 Å². The van der Waals surface area contributed by atoms with Gasteiger partial charge in [-0.25, -0.2) is 0 Å². The van der Waals surface area contributed by atoms with Gasteiger partial charge < -0.3 is 10.4 Å². The van der Waals surface area contributed by atoms with Crippen LogP contribution in [0.25, 0.3) is 0 Å². The first-order chi connectivity index (χ1) is 7.79. The highest BCUT2D eigenvalue weighted by molar-refractivity contribution is 5.81. The van der Waals surface area contributed by atoms with Crippen molar-refractivity contribution in [3.63, 3.8) is 0 Å². The average Bonchev–Trinajstić information content (AvgIpc) is 2.15. The number of hydrogen-bond donors (Lipinski definition) is 2. The Morgan fingerprint density at radius 1 is 1.41 bits per heavy atom. The van der Waals surface area contributed by atoms with Crippen LogP contribution in [0.15, 0.2) is 0 Å². The molecule has 0 unspecified atom stereocenters. The van der Waals surface area contributed by atoms with Gasteiger partial charge in [-0.05, 0) is 19.4 Å². The van der Waals surface area contributed by atoms with Gasteiger partial charge >= 0.3 is 5.97 Å². The van der Waals surface area contributed by atoms with E-state index in [0.29, 0.717) is 6.54 Å². The fourth-order valence-electron chi connectivity index (χ4n) is 1.91. The molecule has 0 aromatic heterocycles. The maximum atomic E-state index is 11.8. The van der Waals surface area contributed by atoms with E-state index in [1.807, 2.05) is 25.7 Å². The molecule has 1 rings (SSSR count). The van der Waals surface area contributed by atoms with Crippen LogP contribution >= 0.6 is 0 Å². The molecule has 0 spiro atoms. The number of rotatable bonds is 3. The van der Waals surface area contributed by atoms with Crippen LogP contribution in [-0.4, -0.2) is 47.6 Å². The van der Waals surface area contributed by atoms with Crippen LogP contribution in [0.2, 0.25) is 0 Å². The highest BCUT2D eigenvalue weighted by Gasteiger charge is 2.27. The van der Waals surface area contributed by atoms with E-state index >= 15 is 0 Å². The lowest BCUT2D eigenvalue weighted by molar-refractivity contribution is -0.138. The molecule has 1 aliphatic heterocycles. The van der Waals surface area contributed by atoms with Crippen LogP contribution < -0.4 is 5.32 Å². The lowest BCUT2D eigenvalue weighted by atomic mass is 9.94. The Bertz CT molecular complexity index is 297. The molecule has 0 radical (unpaired) electrons. The molecule has 1 amide bonds. The van der Waals surface area contributed by atoms with Crippen molar-refractivity contribution in [2.75, 3.05) is 19.6 Å². The molecule has 0 saturated carbocycles. The van der Waals surface area contributed by atoms with Gasteiger partial charge in [0.1, 0.15) is 0 Å². The van der Waals surface area contributed by atoms with Crippen molar-refractivity contribution in [2.24, 2.45) is 5.41 Å². The zero-order chi connectivity index (χ0) is 13.1. The third kappa shape index (κ3) is 4.73. The van der Waals surface area contributed by atoms with E-state index < -0.39 is 11.4 Å². The lowest BCUT2D eigenvalue weighted by Crippen LogP contribution is -2.51. The van der Waals surface area contributed by atoms with E-state index in [-0.39, 0.29) is 18.5 Å². The Morgan fingerprint density at radius 3 is 2.59 bits per heavy atom. The number of hydrogen-bond acceptors (Lipinski definition) is 3. The molecular weight excluding hydrogens is 220 g/mol. The SMILES string of the molecule is CC(C)(C)C(=O)N[C@@H]1CCCN(CC(=O)O)C1. The molecule has 0 bridgehead atoms. The number of nitrogens with one attached hydrogen (secondary N) is 1. The maximum Gasteiger partial charge on any atom is 0.317 e. The first-order valence-electron chi connectivity index (χ1n) is 6.04. The smallest absolute Gasteiger partial charge is 0.317 e. The van der Waals surface area contributed by atoms with E-state index in [1.165, 1.54) is 0 Å². The molecule has 1 aliphatic rings. The molecule has 17 heavy (non-hydrogen) atoms. The van der Waals surface area contributed by atoms with Gasteiger partial charge in [0.2, 0.25) is 5.91 Å². The van der Waals surface area contributed by atoms with Crippen molar-refractivity contribution in [3.8, 4) is 0 Å². The lowest BCUT2D eigenvalue weighted by Gasteiger charge is -2.33. The quantitative estimate of drug-likeness (QED) is 0.764. The molecule has 5 nitrogen and oxygen atoms in total. The second-order valence-electron chi connectivity index (χ2n) is 5.69. The number of amides is 1. The molecule has 0 aliphatic carbocycles. The monoisotopic (exact) mass is 242 g/mol. The summed E-state index contributed by atoms with van der Waals surface area (Å²) in [5.74, 6) is -0.785.